The monoisotopic (exact) mass is 606 g/mol. The second-order valence-electron chi connectivity index (χ2n) is 11.2. The fourth-order valence-electron chi connectivity index (χ4n) is 5.66. The van der Waals surface area contributed by atoms with Gasteiger partial charge in [-0.25, -0.2) is 27.2 Å². The molecule has 1 aromatic carbocycles. The van der Waals surface area contributed by atoms with Gasteiger partial charge in [-0.05, 0) is 49.3 Å². The molecular formula is C27H32F2N6O4S2. The van der Waals surface area contributed by atoms with Crippen LogP contribution in [0.5, 0.6) is 0 Å². The van der Waals surface area contributed by atoms with Crippen molar-refractivity contribution < 1.29 is 27.1 Å². The summed E-state index contributed by atoms with van der Waals surface area (Å²) >= 11 is 1.37. The van der Waals surface area contributed by atoms with Crippen molar-refractivity contribution in [3.63, 3.8) is 0 Å². The smallest absolute Gasteiger partial charge is 0.258 e. The standard InChI is InChI=1S/C27H32F2N6O4S2/c28-27(29)7-11-35(12-8-27)24-23-20(30-17-40-23)16-22(31-24)32-25(37)19-2-1-18(33-41(38,39)14-13-36)15-21(19)34-9-5-26(3-4-26)6-10-34/h1-2,15-17,33,36H,3-14H2,(H,31,32,37). The molecule has 220 valence electrons. The summed E-state index contributed by atoms with van der Waals surface area (Å²) in [6.45, 7) is 1.30. The van der Waals surface area contributed by atoms with E-state index in [0.29, 0.717) is 33.7 Å². The van der Waals surface area contributed by atoms with Crippen molar-refractivity contribution in [2.45, 2.75) is 44.4 Å². The molecule has 1 saturated carbocycles. The zero-order chi connectivity index (χ0) is 28.8. The van der Waals surface area contributed by atoms with Crippen LogP contribution in [-0.2, 0) is 10.0 Å². The van der Waals surface area contributed by atoms with E-state index in [1.165, 1.54) is 30.2 Å². The number of amides is 1. The summed E-state index contributed by atoms with van der Waals surface area (Å²) in [5.74, 6) is -2.77. The van der Waals surface area contributed by atoms with E-state index in [9.17, 15) is 22.0 Å². The summed E-state index contributed by atoms with van der Waals surface area (Å²) in [4.78, 5) is 26.6. The van der Waals surface area contributed by atoms with Crippen molar-refractivity contribution in [1.82, 2.24) is 9.97 Å². The highest BCUT2D eigenvalue weighted by Crippen LogP contribution is 2.54. The number of benzene rings is 1. The summed E-state index contributed by atoms with van der Waals surface area (Å²) in [7, 11) is -3.75. The van der Waals surface area contributed by atoms with Crippen LogP contribution in [0.2, 0.25) is 0 Å². The molecule has 3 fully saturated rings. The third kappa shape index (κ3) is 6.09. The number of rotatable bonds is 8. The molecule has 6 rings (SSSR count). The van der Waals surface area contributed by atoms with Crippen molar-refractivity contribution in [2.24, 2.45) is 5.41 Å². The van der Waals surface area contributed by atoms with Gasteiger partial charge in [-0.15, -0.1) is 11.3 Å². The number of aromatic nitrogens is 2. The third-order valence-electron chi connectivity index (χ3n) is 8.33. The molecular weight excluding hydrogens is 574 g/mol. The average molecular weight is 607 g/mol. The maximum absolute atomic E-state index is 13.8. The third-order valence-corrected chi connectivity index (χ3v) is 10.4. The topological polar surface area (TPSA) is 128 Å². The number of carbonyl (C=O) groups excluding carboxylic acids is 1. The summed E-state index contributed by atoms with van der Waals surface area (Å²) in [5.41, 5.74) is 3.96. The molecule has 1 amide bonds. The van der Waals surface area contributed by atoms with Crippen molar-refractivity contribution >= 4 is 60.5 Å². The molecule has 4 heterocycles. The molecule has 14 heteroatoms. The highest BCUT2D eigenvalue weighted by atomic mass is 32.2. The number of piperidine rings is 2. The molecule has 1 aliphatic carbocycles. The van der Waals surface area contributed by atoms with Crippen LogP contribution in [0.1, 0.15) is 48.9 Å². The van der Waals surface area contributed by atoms with E-state index in [-0.39, 0.29) is 31.7 Å². The van der Waals surface area contributed by atoms with Crippen molar-refractivity contribution in [3.05, 3.63) is 35.3 Å². The van der Waals surface area contributed by atoms with E-state index in [1.54, 1.807) is 23.7 Å². The van der Waals surface area contributed by atoms with Gasteiger partial charge in [0, 0.05) is 45.1 Å². The number of carbonyl (C=O) groups is 1. The molecule has 2 saturated heterocycles. The van der Waals surface area contributed by atoms with Gasteiger partial charge >= 0.3 is 0 Å². The lowest BCUT2D eigenvalue weighted by Crippen LogP contribution is -2.39. The van der Waals surface area contributed by atoms with Gasteiger partial charge in [0.15, 0.2) is 5.82 Å². The number of anilines is 4. The summed E-state index contributed by atoms with van der Waals surface area (Å²) < 4.78 is 55.5. The molecule has 3 aromatic rings. The van der Waals surface area contributed by atoms with Gasteiger partial charge in [0.1, 0.15) is 5.82 Å². The molecule has 2 aromatic heterocycles. The predicted octanol–water partition coefficient (Wildman–Crippen LogP) is 4.29. The number of nitrogens with zero attached hydrogens (tertiary/aromatic N) is 4. The van der Waals surface area contributed by atoms with Gasteiger partial charge in [0.25, 0.3) is 11.8 Å². The Kier molecular flexibility index (Phi) is 7.27. The van der Waals surface area contributed by atoms with E-state index in [2.05, 4.69) is 24.9 Å². The van der Waals surface area contributed by atoms with E-state index in [1.807, 2.05) is 4.90 Å². The zero-order valence-electron chi connectivity index (χ0n) is 22.4. The van der Waals surface area contributed by atoms with Crippen molar-refractivity contribution in [1.29, 1.82) is 0 Å². The lowest BCUT2D eigenvalue weighted by molar-refractivity contribution is -0.0221. The largest absolute Gasteiger partial charge is 0.395 e. The zero-order valence-corrected chi connectivity index (χ0v) is 24.0. The Morgan fingerprint density at radius 2 is 1.73 bits per heavy atom. The van der Waals surface area contributed by atoms with Gasteiger partial charge < -0.3 is 20.2 Å². The minimum Gasteiger partial charge on any atom is -0.395 e. The highest BCUT2D eigenvalue weighted by molar-refractivity contribution is 7.92. The maximum Gasteiger partial charge on any atom is 0.258 e. The van der Waals surface area contributed by atoms with E-state index in [4.69, 9.17) is 5.11 Å². The highest BCUT2D eigenvalue weighted by Gasteiger charge is 2.44. The minimum atomic E-state index is -3.75. The first-order valence-corrected chi connectivity index (χ1v) is 16.3. The quantitative estimate of drug-likeness (QED) is 0.347. The van der Waals surface area contributed by atoms with Crippen LogP contribution in [0, 0.1) is 5.41 Å². The summed E-state index contributed by atoms with van der Waals surface area (Å²) in [6, 6.07) is 6.43. The summed E-state index contributed by atoms with van der Waals surface area (Å²) in [5, 5.41) is 12.0. The molecule has 0 radical (unpaired) electrons. The molecule has 2 aliphatic heterocycles. The van der Waals surface area contributed by atoms with Crippen molar-refractivity contribution in [2.75, 3.05) is 58.4 Å². The Bertz CT molecular complexity index is 1560. The van der Waals surface area contributed by atoms with Crippen LogP contribution in [-0.4, -0.2) is 73.9 Å². The Hall–Kier alpha value is -3.10. The molecule has 41 heavy (non-hydrogen) atoms. The predicted molar refractivity (Wildman–Crippen MR) is 156 cm³/mol. The van der Waals surface area contributed by atoms with Gasteiger partial charge in [-0.2, -0.15) is 0 Å². The molecule has 0 atom stereocenters. The summed E-state index contributed by atoms with van der Waals surface area (Å²) in [6.07, 6.45) is 3.93. The first kappa shape index (κ1) is 28.0. The van der Waals surface area contributed by atoms with Gasteiger partial charge in [0.2, 0.25) is 10.0 Å². The number of nitrogens with one attached hydrogen (secondary N) is 2. The molecule has 1 spiro atoms. The number of hydrogen-bond donors (Lipinski definition) is 3. The van der Waals surface area contributed by atoms with Crippen LogP contribution >= 0.6 is 11.3 Å². The Morgan fingerprint density at radius 1 is 1.02 bits per heavy atom. The van der Waals surface area contributed by atoms with Crippen LogP contribution in [0.3, 0.4) is 0 Å². The average Bonchev–Trinajstić information content (AvgIpc) is 3.50. The number of hydrogen-bond acceptors (Lipinski definition) is 9. The number of fused-ring (bicyclic) bond motifs is 1. The second-order valence-corrected chi connectivity index (χ2v) is 13.9. The fraction of sp³-hybridized carbons (Fsp3) is 0.519. The first-order chi connectivity index (χ1) is 19.6. The first-order valence-electron chi connectivity index (χ1n) is 13.7. The molecule has 0 unspecified atom stereocenters. The number of sulfonamides is 1. The number of aliphatic hydroxyl groups excluding tert-OH is 1. The number of alkyl halides is 2. The molecule has 0 bridgehead atoms. The van der Waals surface area contributed by atoms with Gasteiger partial charge in [0.05, 0.1) is 45.0 Å². The van der Waals surface area contributed by atoms with Crippen LogP contribution < -0.4 is 19.8 Å². The van der Waals surface area contributed by atoms with Crippen LogP contribution in [0.15, 0.2) is 29.8 Å². The fourth-order valence-corrected chi connectivity index (χ4v) is 7.27. The van der Waals surface area contributed by atoms with Crippen LogP contribution in [0.25, 0.3) is 10.2 Å². The second kappa shape index (κ2) is 10.6. The number of thiazole rings is 1. The number of halogens is 2. The lowest BCUT2D eigenvalue weighted by atomic mass is 9.93. The minimum absolute atomic E-state index is 0.151. The maximum atomic E-state index is 13.8. The molecule has 3 N–H and O–H groups in total. The van der Waals surface area contributed by atoms with Gasteiger partial charge in [-0.3, -0.25) is 9.52 Å². The molecule has 3 aliphatic rings. The number of pyridine rings is 1. The van der Waals surface area contributed by atoms with Gasteiger partial charge in [-0.1, -0.05) is 0 Å². The lowest BCUT2D eigenvalue weighted by Gasteiger charge is -2.35. The number of aliphatic hydroxyl groups is 1. The van der Waals surface area contributed by atoms with E-state index >= 15 is 0 Å². The normalized spacial score (nSPS) is 19.9. The van der Waals surface area contributed by atoms with Crippen molar-refractivity contribution in [3.8, 4) is 0 Å². The SMILES string of the molecule is O=C(Nc1cc2ncsc2c(N2CCC(F)(F)CC2)n1)c1ccc(NS(=O)(=O)CCO)cc1N1CCC2(CC1)CC2. The molecule has 10 nitrogen and oxygen atoms in total. The van der Waals surface area contributed by atoms with Crippen LogP contribution in [0.4, 0.5) is 31.8 Å². The Balaban J connectivity index is 1.29. The Morgan fingerprint density at radius 3 is 2.41 bits per heavy atom. The van der Waals surface area contributed by atoms with E-state index in [0.717, 1.165) is 30.6 Å². The van der Waals surface area contributed by atoms with E-state index < -0.39 is 34.2 Å². The Labute approximate surface area is 240 Å².